The highest BCUT2D eigenvalue weighted by atomic mass is 31.2. The molecular formula is C11H13FN3O8P. The Hall–Kier alpha value is -1.84. The maximum Gasteiger partial charge on any atom is 0.469 e. The number of aliphatic hydroxyl groups excluding tert-OH is 1. The average Bonchev–Trinajstić information content (AvgIpc) is 2.80. The predicted molar refractivity (Wildman–Crippen MR) is 74.7 cm³/mol. The van der Waals surface area contributed by atoms with Crippen LogP contribution >= 0.6 is 7.82 Å². The van der Waals surface area contributed by atoms with Gasteiger partial charge in [0.25, 0.3) is 0 Å². The summed E-state index contributed by atoms with van der Waals surface area (Å²) in [5.41, 5.74) is 0.488. The molecule has 1 fully saturated rings. The normalized spacial score (nSPS) is 27.0. The van der Waals surface area contributed by atoms with Gasteiger partial charge in [0.15, 0.2) is 18.2 Å². The van der Waals surface area contributed by atoms with Crippen LogP contribution in [0.1, 0.15) is 11.8 Å². The summed E-state index contributed by atoms with van der Waals surface area (Å²) in [6.07, 6.45) is -0.850. The third-order valence-electron chi connectivity index (χ3n) is 3.19. The summed E-state index contributed by atoms with van der Waals surface area (Å²) in [6.45, 7) is -0.803. The summed E-state index contributed by atoms with van der Waals surface area (Å²) in [5.74, 6) is 1.78. The zero-order valence-electron chi connectivity index (χ0n) is 11.8. The number of aliphatic hydroxyl groups is 1. The van der Waals surface area contributed by atoms with Crippen molar-refractivity contribution in [2.45, 2.75) is 24.6 Å². The lowest BCUT2D eigenvalue weighted by Crippen LogP contribution is -2.34. The molecule has 1 aromatic rings. The van der Waals surface area contributed by atoms with Crippen LogP contribution in [0.4, 0.5) is 10.2 Å². The number of nitrogens with zero attached hydrogens (tertiary/aromatic N) is 2. The van der Waals surface area contributed by atoms with Gasteiger partial charge in [-0.25, -0.2) is 13.8 Å². The van der Waals surface area contributed by atoms with Crippen molar-refractivity contribution < 1.29 is 38.3 Å². The maximum atomic E-state index is 14.2. The van der Waals surface area contributed by atoms with Gasteiger partial charge in [0.1, 0.15) is 12.2 Å². The van der Waals surface area contributed by atoms with E-state index >= 15 is 0 Å². The number of phosphoric acid groups is 1. The van der Waals surface area contributed by atoms with Gasteiger partial charge in [0, 0.05) is 6.20 Å². The van der Waals surface area contributed by atoms with E-state index in [4.69, 9.17) is 26.2 Å². The van der Waals surface area contributed by atoms with Gasteiger partial charge in [-0.15, -0.1) is 6.42 Å². The van der Waals surface area contributed by atoms with Crippen LogP contribution in [0.2, 0.25) is 0 Å². The molecule has 0 spiro atoms. The Morgan fingerprint density at radius 1 is 1.58 bits per heavy atom. The van der Waals surface area contributed by atoms with Crippen molar-refractivity contribution in [1.29, 1.82) is 0 Å². The second-order valence-electron chi connectivity index (χ2n) is 4.74. The van der Waals surface area contributed by atoms with Crippen molar-refractivity contribution in [3.05, 3.63) is 22.2 Å². The predicted octanol–water partition coefficient (Wildman–Crippen LogP) is -1.27. The van der Waals surface area contributed by atoms with Crippen LogP contribution in [0, 0.1) is 12.3 Å². The molecule has 2 rings (SSSR count). The SMILES string of the molecule is C#Cc1cn([C@H]2O[C@@H](COP(=O)(O)O)[C@@H](O)C2F)c(=O)nc1NO. The Balaban J connectivity index is 2.28. The molecule has 0 aliphatic carbocycles. The molecule has 0 bridgehead atoms. The Labute approximate surface area is 133 Å². The highest BCUT2D eigenvalue weighted by Crippen LogP contribution is 2.38. The number of aromatic nitrogens is 2. The van der Waals surface area contributed by atoms with E-state index in [9.17, 15) is 18.9 Å². The molecule has 5 N–H and O–H groups in total. The Kier molecular flexibility index (Phi) is 5.36. The minimum absolute atomic E-state index is 0.0858. The number of hydrogen-bond donors (Lipinski definition) is 5. The standard InChI is InChI=1S/C11H13FN3O8P/c1-2-5-3-15(11(17)13-9(5)14-18)10-7(12)8(16)6(23-10)4-22-24(19,20)21/h1,3,6-8,10,16,18H,4H2,(H,13,14,17)(H2,19,20,21)/t6-,7?,8+,10-/m0/s1. The van der Waals surface area contributed by atoms with Crippen molar-refractivity contribution in [2.24, 2.45) is 0 Å². The Morgan fingerprint density at radius 2 is 2.25 bits per heavy atom. The number of anilines is 1. The molecule has 1 aromatic heterocycles. The molecule has 1 saturated heterocycles. The number of ether oxygens (including phenoxy) is 1. The van der Waals surface area contributed by atoms with Gasteiger partial charge in [-0.2, -0.15) is 4.98 Å². The molecule has 0 amide bonds. The second-order valence-corrected chi connectivity index (χ2v) is 5.97. The largest absolute Gasteiger partial charge is 0.469 e. The van der Waals surface area contributed by atoms with E-state index in [1.165, 1.54) is 0 Å². The lowest BCUT2D eigenvalue weighted by Gasteiger charge is -2.17. The molecule has 13 heteroatoms. The second kappa shape index (κ2) is 6.96. The van der Waals surface area contributed by atoms with E-state index in [2.05, 4.69) is 15.4 Å². The summed E-state index contributed by atoms with van der Waals surface area (Å²) in [7, 11) is -4.85. The first-order chi connectivity index (χ1) is 11.2. The van der Waals surface area contributed by atoms with Crippen LogP contribution in [0.15, 0.2) is 11.0 Å². The molecule has 24 heavy (non-hydrogen) atoms. The fourth-order valence-corrected chi connectivity index (χ4v) is 2.42. The highest BCUT2D eigenvalue weighted by molar-refractivity contribution is 7.46. The van der Waals surface area contributed by atoms with Crippen molar-refractivity contribution in [2.75, 3.05) is 12.1 Å². The van der Waals surface area contributed by atoms with Crippen molar-refractivity contribution >= 4 is 13.6 Å². The van der Waals surface area contributed by atoms with Crippen LogP contribution in [-0.2, 0) is 13.8 Å². The number of nitrogens with one attached hydrogen (secondary N) is 1. The Bertz CT molecular complexity index is 759. The van der Waals surface area contributed by atoms with E-state index in [-0.39, 0.29) is 11.4 Å². The van der Waals surface area contributed by atoms with Crippen molar-refractivity contribution in [3.8, 4) is 12.3 Å². The number of alkyl halides is 1. The van der Waals surface area contributed by atoms with E-state index in [1.807, 2.05) is 0 Å². The molecule has 1 unspecified atom stereocenters. The zero-order valence-corrected chi connectivity index (χ0v) is 12.7. The van der Waals surface area contributed by atoms with Gasteiger partial charge in [0.05, 0.1) is 12.2 Å². The third-order valence-corrected chi connectivity index (χ3v) is 3.67. The summed E-state index contributed by atoms with van der Waals surface area (Å²) in [6, 6.07) is 0. The fraction of sp³-hybridized carbons (Fsp3) is 0.455. The van der Waals surface area contributed by atoms with Crippen molar-refractivity contribution in [3.63, 3.8) is 0 Å². The minimum atomic E-state index is -4.85. The first-order valence-corrected chi connectivity index (χ1v) is 7.88. The summed E-state index contributed by atoms with van der Waals surface area (Å²) >= 11 is 0. The number of rotatable bonds is 5. The number of terminal acetylenes is 1. The van der Waals surface area contributed by atoms with Gasteiger partial charge in [0.2, 0.25) is 0 Å². The van der Waals surface area contributed by atoms with Gasteiger partial charge in [-0.1, -0.05) is 5.92 Å². The lowest BCUT2D eigenvalue weighted by atomic mass is 10.1. The fourth-order valence-electron chi connectivity index (χ4n) is 2.08. The van der Waals surface area contributed by atoms with Crippen LogP contribution in [0.3, 0.4) is 0 Å². The van der Waals surface area contributed by atoms with E-state index < -0.39 is 44.7 Å². The smallest absolute Gasteiger partial charge is 0.387 e. The van der Waals surface area contributed by atoms with Crippen LogP contribution in [-0.4, -0.2) is 54.6 Å². The first kappa shape index (κ1) is 18.5. The summed E-state index contributed by atoms with van der Waals surface area (Å²) in [4.78, 5) is 32.5. The zero-order chi connectivity index (χ0) is 18.1. The minimum Gasteiger partial charge on any atom is -0.387 e. The van der Waals surface area contributed by atoms with Crippen LogP contribution in [0.5, 0.6) is 0 Å². The monoisotopic (exact) mass is 365 g/mol. The third kappa shape index (κ3) is 3.80. The lowest BCUT2D eigenvalue weighted by molar-refractivity contribution is -0.0483. The number of hydrogen-bond acceptors (Lipinski definition) is 8. The molecule has 132 valence electrons. The Morgan fingerprint density at radius 3 is 2.79 bits per heavy atom. The molecule has 0 saturated carbocycles. The molecule has 4 atom stereocenters. The molecule has 1 aliphatic rings. The van der Waals surface area contributed by atoms with E-state index in [1.54, 1.807) is 5.48 Å². The topological polar surface area (TPSA) is 163 Å². The molecule has 11 nitrogen and oxygen atoms in total. The molecule has 2 heterocycles. The van der Waals surface area contributed by atoms with Crippen LogP contribution < -0.4 is 11.2 Å². The van der Waals surface area contributed by atoms with E-state index in [0.29, 0.717) is 4.57 Å². The maximum absolute atomic E-state index is 14.2. The highest BCUT2D eigenvalue weighted by Gasteiger charge is 2.46. The molecule has 0 radical (unpaired) electrons. The summed E-state index contributed by atoms with van der Waals surface area (Å²) in [5, 5.41) is 18.6. The van der Waals surface area contributed by atoms with Gasteiger partial charge >= 0.3 is 13.5 Å². The summed E-state index contributed by atoms with van der Waals surface area (Å²) < 4.78 is 34.8. The number of phosphoric ester groups is 1. The molecular weight excluding hydrogens is 352 g/mol. The van der Waals surface area contributed by atoms with Crippen molar-refractivity contribution in [1.82, 2.24) is 9.55 Å². The quantitative estimate of drug-likeness (QED) is 0.241. The van der Waals surface area contributed by atoms with Crippen LogP contribution in [0.25, 0.3) is 0 Å². The van der Waals surface area contributed by atoms with Gasteiger partial charge in [-0.3, -0.25) is 19.8 Å². The van der Waals surface area contributed by atoms with Gasteiger partial charge < -0.3 is 19.6 Å². The molecule has 0 aromatic carbocycles. The van der Waals surface area contributed by atoms with E-state index in [0.717, 1.165) is 6.20 Å². The van der Waals surface area contributed by atoms with Gasteiger partial charge in [-0.05, 0) is 0 Å². The number of halogens is 1. The molecule has 1 aliphatic heterocycles. The average molecular weight is 365 g/mol. The first-order valence-electron chi connectivity index (χ1n) is 6.35.